The number of methoxy groups -OCH3 is 1. The van der Waals surface area contributed by atoms with Crippen LogP contribution in [0.4, 0.5) is 5.69 Å². The van der Waals surface area contributed by atoms with E-state index in [2.05, 4.69) is 9.44 Å². The summed E-state index contributed by atoms with van der Waals surface area (Å²) in [6, 6.07) is 8.79. The predicted molar refractivity (Wildman–Crippen MR) is 110 cm³/mol. The molecule has 2 N–H and O–H groups in total. The molecule has 2 aromatic rings. The highest BCUT2D eigenvalue weighted by atomic mass is 32.2. The van der Waals surface area contributed by atoms with Crippen molar-refractivity contribution in [3.05, 3.63) is 53.1 Å². The van der Waals surface area contributed by atoms with E-state index in [1.807, 2.05) is 19.1 Å². The molecule has 9 heteroatoms. The molecule has 0 radical (unpaired) electrons. The topological polar surface area (TPSA) is 102 Å². The molecular weight excluding hydrogens is 400 g/mol. The van der Waals surface area contributed by atoms with Crippen LogP contribution in [-0.4, -0.2) is 36.6 Å². The zero-order chi connectivity index (χ0) is 21.1. The molecule has 0 aliphatic rings. The highest BCUT2D eigenvalue weighted by Crippen LogP contribution is 2.25. The van der Waals surface area contributed by atoms with Gasteiger partial charge in [0, 0.05) is 18.8 Å². The fraction of sp³-hybridized carbons (Fsp3) is 0.368. The average molecular weight is 427 g/mol. The number of nitrogens with one attached hydrogen (secondary N) is 2. The molecule has 0 saturated heterocycles. The first-order valence-electron chi connectivity index (χ1n) is 8.68. The van der Waals surface area contributed by atoms with Crippen molar-refractivity contribution in [3.63, 3.8) is 0 Å². The third-order valence-electron chi connectivity index (χ3n) is 4.06. The quantitative estimate of drug-likeness (QED) is 0.676. The molecule has 0 saturated carbocycles. The molecule has 7 nitrogen and oxygen atoms in total. The van der Waals surface area contributed by atoms with Crippen LogP contribution in [-0.2, 0) is 24.8 Å². The third kappa shape index (κ3) is 5.32. The van der Waals surface area contributed by atoms with Crippen molar-refractivity contribution in [1.82, 2.24) is 4.72 Å². The lowest BCUT2D eigenvalue weighted by molar-refractivity contribution is 0.180. The normalized spacial score (nSPS) is 13.3. The lowest BCUT2D eigenvalue weighted by atomic mass is 10.1. The second kappa shape index (κ2) is 8.60. The molecule has 0 amide bonds. The monoisotopic (exact) mass is 426 g/mol. The van der Waals surface area contributed by atoms with Gasteiger partial charge in [0.05, 0.1) is 16.4 Å². The molecule has 154 valence electrons. The molecule has 0 aromatic heterocycles. The number of benzene rings is 2. The maximum Gasteiger partial charge on any atom is 0.262 e. The van der Waals surface area contributed by atoms with Gasteiger partial charge in [0.25, 0.3) is 10.0 Å². The largest absolute Gasteiger partial charge is 0.383 e. The Bertz CT molecular complexity index is 1020. The molecule has 0 aliphatic carbocycles. The summed E-state index contributed by atoms with van der Waals surface area (Å²) in [5.41, 5.74) is 2.57. The second-order valence-electron chi connectivity index (χ2n) is 6.84. The lowest BCUT2D eigenvalue weighted by Crippen LogP contribution is -2.35. The second-order valence-corrected chi connectivity index (χ2v) is 10.2. The first-order chi connectivity index (χ1) is 13.0. The molecule has 0 spiro atoms. The van der Waals surface area contributed by atoms with Crippen LogP contribution >= 0.6 is 0 Å². The van der Waals surface area contributed by atoms with E-state index in [0.717, 1.165) is 5.56 Å². The van der Waals surface area contributed by atoms with Crippen LogP contribution < -0.4 is 9.44 Å². The molecule has 0 aliphatic heterocycles. The summed E-state index contributed by atoms with van der Waals surface area (Å²) in [6.45, 7) is 7.33. The van der Waals surface area contributed by atoms with Crippen LogP contribution in [0.1, 0.15) is 23.6 Å². The minimum atomic E-state index is -3.80. The number of anilines is 1. The van der Waals surface area contributed by atoms with Crippen molar-refractivity contribution in [1.29, 1.82) is 0 Å². The summed E-state index contributed by atoms with van der Waals surface area (Å²) in [5.74, 6) is 0. The van der Waals surface area contributed by atoms with E-state index in [0.29, 0.717) is 11.1 Å². The van der Waals surface area contributed by atoms with Crippen molar-refractivity contribution in [2.45, 2.75) is 43.5 Å². The number of sulfonamides is 2. The Balaban J connectivity index is 2.25. The van der Waals surface area contributed by atoms with Crippen molar-refractivity contribution < 1.29 is 21.6 Å². The summed E-state index contributed by atoms with van der Waals surface area (Å²) >= 11 is 0. The Morgan fingerprint density at radius 1 is 0.929 bits per heavy atom. The van der Waals surface area contributed by atoms with E-state index in [1.54, 1.807) is 20.8 Å². The van der Waals surface area contributed by atoms with Crippen LogP contribution in [0.25, 0.3) is 0 Å². The summed E-state index contributed by atoms with van der Waals surface area (Å²) < 4.78 is 60.2. The minimum absolute atomic E-state index is 0.0427. The summed E-state index contributed by atoms with van der Waals surface area (Å²) in [4.78, 5) is 0.269. The molecule has 28 heavy (non-hydrogen) atoms. The van der Waals surface area contributed by atoms with E-state index in [1.165, 1.54) is 31.4 Å². The van der Waals surface area contributed by atoms with Gasteiger partial charge in [-0.2, -0.15) is 0 Å². The summed E-state index contributed by atoms with van der Waals surface area (Å²) in [5, 5.41) is 0. The molecular formula is C19H26N2O5S2. The van der Waals surface area contributed by atoms with Gasteiger partial charge in [0.2, 0.25) is 10.0 Å². The Kier molecular flexibility index (Phi) is 6.87. The van der Waals surface area contributed by atoms with Gasteiger partial charge in [-0.25, -0.2) is 21.6 Å². The first-order valence-corrected chi connectivity index (χ1v) is 11.6. The van der Waals surface area contributed by atoms with Gasteiger partial charge in [0.15, 0.2) is 0 Å². The van der Waals surface area contributed by atoms with Gasteiger partial charge in [-0.1, -0.05) is 17.7 Å². The maximum atomic E-state index is 12.8. The van der Waals surface area contributed by atoms with Gasteiger partial charge < -0.3 is 4.74 Å². The van der Waals surface area contributed by atoms with E-state index in [4.69, 9.17) is 4.74 Å². The molecule has 0 fully saturated rings. The van der Waals surface area contributed by atoms with Gasteiger partial charge in [-0.05, 0) is 63.1 Å². The van der Waals surface area contributed by atoms with Crippen LogP contribution in [0.3, 0.4) is 0 Å². The molecule has 0 unspecified atom stereocenters. The van der Waals surface area contributed by atoms with Gasteiger partial charge in [-0.15, -0.1) is 0 Å². The SMILES string of the molecule is COC[C@H](C)NS(=O)(=O)c1ccc(NS(=O)(=O)c2c(C)cc(C)cc2C)cc1. The minimum Gasteiger partial charge on any atom is -0.383 e. The summed E-state index contributed by atoms with van der Waals surface area (Å²) in [7, 11) is -6.03. The number of hydrogen-bond acceptors (Lipinski definition) is 5. The number of ether oxygens (including phenoxy) is 1. The van der Waals surface area contributed by atoms with Crippen LogP contribution in [0.5, 0.6) is 0 Å². The van der Waals surface area contributed by atoms with E-state index in [9.17, 15) is 16.8 Å². The Hall–Kier alpha value is -1.94. The number of aryl methyl sites for hydroxylation is 3. The molecule has 2 rings (SSSR count). The Morgan fingerprint density at radius 3 is 1.96 bits per heavy atom. The van der Waals surface area contributed by atoms with E-state index < -0.39 is 20.0 Å². The average Bonchev–Trinajstić information content (AvgIpc) is 2.53. The fourth-order valence-electron chi connectivity index (χ4n) is 3.12. The molecule has 1 atom stereocenters. The van der Waals surface area contributed by atoms with Gasteiger partial charge >= 0.3 is 0 Å². The van der Waals surface area contributed by atoms with Crippen molar-refractivity contribution >= 4 is 25.7 Å². The Morgan fingerprint density at radius 2 is 1.46 bits per heavy atom. The van der Waals surface area contributed by atoms with Crippen molar-refractivity contribution in [2.24, 2.45) is 0 Å². The lowest BCUT2D eigenvalue weighted by Gasteiger charge is -2.15. The number of rotatable bonds is 8. The molecule has 0 heterocycles. The fourth-order valence-corrected chi connectivity index (χ4v) is 5.86. The van der Waals surface area contributed by atoms with Gasteiger partial charge in [-0.3, -0.25) is 4.72 Å². The zero-order valence-electron chi connectivity index (χ0n) is 16.6. The first kappa shape index (κ1) is 22.4. The standard InChI is InChI=1S/C19H26N2O5S2/c1-13-10-14(2)19(15(3)11-13)28(24,25)21-17-6-8-18(9-7-17)27(22,23)20-16(4)12-26-5/h6-11,16,20-21H,12H2,1-5H3/t16-/m0/s1. The molecule has 2 aromatic carbocycles. The van der Waals surface area contributed by atoms with Crippen LogP contribution in [0.2, 0.25) is 0 Å². The zero-order valence-corrected chi connectivity index (χ0v) is 18.2. The highest BCUT2D eigenvalue weighted by molar-refractivity contribution is 7.92. The van der Waals surface area contributed by atoms with Crippen molar-refractivity contribution in [2.75, 3.05) is 18.4 Å². The van der Waals surface area contributed by atoms with E-state index in [-0.39, 0.29) is 28.1 Å². The summed E-state index contributed by atoms with van der Waals surface area (Å²) in [6.07, 6.45) is 0. The highest BCUT2D eigenvalue weighted by Gasteiger charge is 2.21. The van der Waals surface area contributed by atoms with E-state index >= 15 is 0 Å². The maximum absolute atomic E-state index is 12.8. The smallest absolute Gasteiger partial charge is 0.262 e. The number of hydrogen-bond donors (Lipinski definition) is 2. The third-order valence-corrected chi connectivity index (χ3v) is 7.35. The van der Waals surface area contributed by atoms with Crippen LogP contribution in [0, 0.1) is 20.8 Å². The molecule has 0 bridgehead atoms. The predicted octanol–water partition coefficient (Wildman–Crippen LogP) is 2.73. The Labute approximate surface area is 167 Å². The van der Waals surface area contributed by atoms with Gasteiger partial charge in [0.1, 0.15) is 0 Å². The van der Waals surface area contributed by atoms with Crippen molar-refractivity contribution in [3.8, 4) is 0 Å². The van der Waals surface area contributed by atoms with Crippen LogP contribution in [0.15, 0.2) is 46.2 Å².